The summed E-state index contributed by atoms with van der Waals surface area (Å²) in [6.07, 6.45) is -4.88. The number of ketones is 1. The lowest BCUT2D eigenvalue weighted by Gasteiger charge is -2.26. The molecule has 1 fully saturated rings. The highest BCUT2D eigenvalue weighted by Gasteiger charge is 2.47. The van der Waals surface area contributed by atoms with Crippen molar-refractivity contribution in [1.29, 1.82) is 0 Å². The van der Waals surface area contributed by atoms with Gasteiger partial charge in [0, 0.05) is 11.3 Å². The monoisotopic (exact) mass is 539 g/mol. The fourth-order valence-electron chi connectivity index (χ4n) is 4.65. The topological polar surface area (TPSA) is 76.1 Å². The Bertz CT molecular complexity index is 1430. The van der Waals surface area contributed by atoms with Crippen LogP contribution in [0.3, 0.4) is 0 Å². The van der Waals surface area contributed by atoms with Gasteiger partial charge < -0.3 is 14.6 Å². The van der Waals surface area contributed by atoms with Crippen LogP contribution in [0.1, 0.15) is 55.0 Å². The third-order valence-electron chi connectivity index (χ3n) is 6.36. The number of aliphatic hydroxyl groups excluding tert-OH is 1. The van der Waals surface area contributed by atoms with Gasteiger partial charge in [-0.3, -0.25) is 14.5 Å². The van der Waals surface area contributed by atoms with Crippen LogP contribution < -0.4 is 14.4 Å². The number of anilines is 1. The molecule has 0 aliphatic carbocycles. The van der Waals surface area contributed by atoms with Gasteiger partial charge in [0.2, 0.25) is 0 Å². The second-order valence-electron chi connectivity index (χ2n) is 9.47. The number of ether oxygens (including phenoxy) is 2. The van der Waals surface area contributed by atoms with E-state index in [-0.39, 0.29) is 22.9 Å². The molecule has 3 aromatic carbocycles. The van der Waals surface area contributed by atoms with Crippen LogP contribution in [0.5, 0.6) is 11.5 Å². The molecule has 204 valence electrons. The highest BCUT2D eigenvalue weighted by atomic mass is 19.4. The second kappa shape index (κ2) is 10.8. The third-order valence-corrected chi connectivity index (χ3v) is 6.36. The zero-order valence-electron chi connectivity index (χ0n) is 21.9. The van der Waals surface area contributed by atoms with Crippen LogP contribution in [0, 0.1) is 6.92 Å². The number of carbonyl (C=O) groups is 2. The average molecular weight is 540 g/mol. The third kappa shape index (κ3) is 5.77. The van der Waals surface area contributed by atoms with Gasteiger partial charge in [0.1, 0.15) is 17.3 Å². The SMILES string of the molecule is CCOc1ccc(/C(O)=C2/C(=O)C(=O)N(c3ccc(OC(F)(F)F)cc3)C2c2cccc(C)c2)cc1C(C)C. The predicted molar refractivity (Wildman–Crippen MR) is 141 cm³/mol. The number of alkyl halides is 3. The summed E-state index contributed by atoms with van der Waals surface area (Å²) in [4.78, 5) is 27.9. The molecule has 1 amide bonds. The van der Waals surface area contributed by atoms with Crippen molar-refractivity contribution in [2.24, 2.45) is 0 Å². The van der Waals surface area contributed by atoms with Crippen molar-refractivity contribution in [1.82, 2.24) is 0 Å². The fraction of sp³-hybridized carbons (Fsp3) is 0.267. The van der Waals surface area contributed by atoms with E-state index < -0.39 is 29.8 Å². The Hall–Kier alpha value is -4.27. The van der Waals surface area contributed by atoms with Gasteiger partial charge in [0.25, 0.3) is 11.7 Å². The lowest BCUT2D eigenvalue weighted by molar-refractivity contribution is -0.274. The Kier molecular flexibility index (Phi) is 7.72. The largest absolute Gasteiger partial charge is 0.573 e. The summed E-state index contributed by atoms with van der Waals surface area (Å²) in [5.41, 5.74) is 2.62. The van der Waals surface area contributed by atoms with Crippen LogP contribution >= 0.6 is 0 Å². The molecule has 0 saturated carbocycles. The molecule has 6 nitrogen and oxygen atoms in total. The van der Waals surface area contributed by atoms with Crippen LogP contribution in [0.25, 0.3) is 5.76 Å². The quantitative estimate of drug-likeness (QED) is 0.198. The van der Waals surface area contributed by atoms with E-state index in [0.29, 0.717) is 23.5 Å². The lowest BCUT2D eigenvalue weighted by atomic mass is 9.92. The number of aliphatic hydroxyl groups is 1. The number of halogens is 3. The van der Waals surface area contributed by atoms with Gasteiger partial charge in [-0.25, -0.2) is 0 Å². The number of nitrogens with zero attached hydrogens (tertiary/aromatic N) is 1. The van der Waals surface area contributed by atoms with E-state index in [1.807, 2.05) is 33.8 Å². The first-order valence-electron chi connectivity index (χ1n) is 12.4. The van der Waals surface area contributed by atoms with E-state index in [2.05, 4.69) is 4.74 Å². The molecule has 0 spiro atoms. The molecule has 1 saturated heterocycles. The molecule has 0 radical (unpaired) electrons. The number of hydrogen-bond donors (Lipinski definition) is 1. The second-order valence-corrected chi connectivity index (χ2v) is 9.47. The van der Waals surface area contributed by atoms with Crippen molar-refractivity contribution < 1.29 is 37.3 Å². The minimum absolute atomic E-state index is 0.0479. The average Bonchev–Trinajstić information content (AvgIpc) is 3.14. The van der Waals surface area contributed by atoms with E-state index in [1.165, 1.54) is 17.0 Å². The lowest BCUT2D eigenvalue weighted by Crippen LogP contribution is -2.29. The van der Waals surface area contributed by atoms with Crippen molar-refractivity contribution in [3.05, 3.63) is 94.6 Å². The predicted octanol–water partition coefficient (Wildman–Crippen LogP) is 7.04. The standard InChI is InChI=1S/C30H28F3NO5/c1-5-38-24-14-9-20(16-23(24)17(2)3)27(35)25-26(19-8-6-7-18(4)15-19)34(29(37)28(25)36)21-10-12-22(13-11-21)39-30(31,32)33/h6-17,26,35H,5H2,1-4H3/b27-25-. The number of carbonyl (C=O) groups excluding carboxylic acids is 2. The Labute approximate surface area is 224 Å². The molecule has 0 aromatic heterocycles. The normalized spacial score (nSPS) is 17.1. The van der Waals surface area contributed by atoms with E-state index in [9.17, 15) is 27.9 Å². The summed E-state index contributed by atoms with van der Waals surface area (Å²) in [5, 5.41) is 11.5. The molecular weight excluding hydrogens is 511 g/mol. The van der Waals surface area contributed by atoms with Gasteiger partial charge in [-0.15, -0.1) is 13.2 Å². The van der Waals surface area contributed by atoms with Crippen LogP contribution in [0.15, 0.2) is 72.3 Å². The molecule has 1 heterocycles. The van der Waals surface area contributed by atoms with Crippen LogP contribution in [-0.2, 0) is 9.59 Å². The molecule has 9 heteroatoms. The molecular formula is C30H28F3NO5. The molecule has 39 heavy (non-hydrogen) atoms. The van der Waals surface area contributed by atoms with Crippen molar-refractivity contribution in [2.75, 3.05) is 11.5 Å². The van der Waals surface area contributed by atoms with Crippen LogP contribution in [0.4, 0.5) is 18.9 Å². The number of benzene rings is 3. The van der Waals surface area contributed by atoms with Gasteiger partial charge in [0.05, 0.1) is 18.2 Å². The number of amides is 1. The Morgan fingerprint density at radius 3 is 2.31 bits per heavy atom. The van der Waals surface area contributed by atoms with Crippen molar-refractivity contribution in [2.45, 2.75) is 46.0 Å². The molecule has 1 aliphatic rings. The van der Waals surface area contributed by atoms with Gasteiger partial charge >= 0.3 is 6.36 Å². The molecule has 3 aromatic rings. The summed E-state index contributed by atoms with van der Waals surface area (Å²) in [6, 6.07) is 15.8. The number of rotatable bonds is 7. The molecule has 1 N–H and O–H groups in total. The summed E-state index contributed by atoms with van der Waals surface area (Å²) < 4.78 is 47.6. The molecule has 1 aliphatic heterocycles. The molecule has 0 bridgehead atoms. The maximum absolute atomic E-state index is 13.4. The van der Waals surface area contributed by atoms with Crippen molar-refractivity contribution >= 4 is 23.1 Å². The molecule has 4 rings (SSSR count). The fourth-order valence-corrected chi connectivity index (χ4v) is 4.65. The zero-order valence-corrected chi connectivity index (χ0v) is 21.9. The Morgan fingerprint density at radius 1 is 1.03 bits per heavy atom. The number of Topliss-reactive ketones (excluding diaryl/α,β-unsaturated/α-hetero) is 1. The first-order chi connectivity index (χ1) is 18.4. The van der Waals surface area contributed by atoms with Gasteiger partial charge in [-0.2, -0.15) is 0 Å². The molecule has 1 unspecified atom stereocenters. The summed E-state index contributed by atoms with van der Waals surface area (Å²) in [6.45, 7) is 8.11. The molecule has 1 atom stereocenters. The van der Waals surface area contributed by atoms with Crippen LogP contribution in [-0.4, -0.2) is 29.8 Å². The van der Waals surface area contributed by atoms with Gasteiger partial charge in [-0.05, 0) is 73.4 Å². The number of hydrogen-bond acceptors (Lipinski definition) is 5. The van der Waals surface area contributed by atoms with Crippen molar-refractivity contribution in [3.63, 3.8) is 0 Å². The minimum Gasteiger partial charge on any atom is -0.507 e. The van der Waals surface area contributed by atoms with E-state index in [4.69, 9.17) is 4.74 Å². The maximum Gasteiger partial charge on any atom is 0.573 e. The number of aryl methyl sites for hydroxylation is 1. The highest BCUT2D eigenvalue weighted by molar-refractivity contribution is 6.51. The summed E-state index contributed by atoms with van der Waals surface area (Å²) >= 11 is 0. The van der Waals surface area contributed by atoms with E-state index >= 15 is 0 Å². The first kappa shape index (κ1) is 27.8. The van der Waals surface area contributed by atoms with E-state index in [1.54, 1.807) is 36.4 Å². The van der Waals surface area contributed by atoms with E-state index in [0.717, 1.165) is 23.3 Å². The van der Waals surface area contributed by atoms with Crippen LogP contribution in [0.2, 0.25) is 0 Å². The minimum atomic E-state index is -4.88. The summed E-state index contributed by atoms with van der Waals surface area (Å²) in [7, 11) is 0. The first-order valence-corrected chi connectivity index (χ1v) is 12.4. The van der Waals surface area contributed by atoms with Gasteiger partial charge in [-0.1, -0.05) is 43.7 Å². The van der Waals surface area contributed by atoms with Gasteiger partial charge in [0.15, 0.2) is 0 Å². The van der Waals surface area contributed by atoms with Crippen molar-refractivity contribution in [3.8, 4) is 11.5 Å². The Morgan fingerprint density at radius 2 is 1.72 bits per heavy atom. The Balaban J connectivity index is 1.87. The maximum atomic E-state index is 13.4. The highest BCUT2D eigenvalue weighted by Crippen LogP contribution is 2.43. The smallest absolute Gasteiger partial charge is 0.507 e. The zero-order chi connectivity index (χ0) is 28.5. The summed E-state index contributed by atoms with van der Waals surface area (Å²) in [5.74, 6) is -1.94.